The molecule has 3 N–H and O–H groups in total. The molecule has 2 rings (SSSR count). The molecule has 0 spiro atoms. The first-order chi connectivity index (χ1) is 9.78. The van der Waals surface area contributed by atoms with Gasteiger partial charge < -0.3 is 15.4 Å². The van der Waals surface area contributed by atoms with Gasteiger partial charge in [-0.25, -0.2) is 4.98 Å². The number of phenolic OH excluding ortho intramolecular Hbond substituents is 1. The number of nitrogens with two attached hydrogens (primary N) is 1. The molecule has 1 aromatic heterocycles. The van der Waals surface area contributed by atoms with E-state index < -0.39 is 10.0 Å². The van der Waals surface area contributed by atoms with E-state index in [1.54, 1.807) is 27.0 Å². The first kappa shape index (κ1) is 15.2. The van der Waals surface area contributed by atoms with E-state index in [1.807, 2.05) is 0 Å². The smallest absolute Gasteiger partial charge is 0.283 e. The van der Waals surface area contributed by atoms with Crippen molar-refractivity contribution < 1.29 is 13.5 Å². The molecule has 2 aromatic rings. The second-order valence-corrected chi connectivity index (χ2v) is 6.46. The number of imidazole rings is 1. The summed E-state index contributed by atoms with van der Waals surface area (Å²) in [5.41, 5.74) is 6.83. The van der Waals surface area contributed by atoms with Crippen molar-refractivity contribution >= 4 is 21.5 Å². The third kappa shape index (κ3) is 2.54. The molecule has 0 saturated heterocycles. The van der Waals surface area contributed by atoms with Crippen molar-refractivity contribution in [1.29, 1.82) is 0 Å². The van der Waals surface area contributed by atoms with Crippen LogP contribution in [0.5, 0.6) is 5.75 Å². The largest absolute Gasteiger partial charge is 0.508 e. The third-order valence-electron chi connectivity index (χ3n) is 3.19. The van der Waals surface area contributed by atoms with Gasteiger partial charge in [0, 0.05) is 19.7 Å². The van der Waals surface area contributed by atoms with Crippen LogP contribution in [0.3, 0.4) is 0 Å². The molecule has 0 aliphatic heterocycles. The van der Waals surface area contributed by atoms with Gasteiger partial charge in [-0.2, -0.15) is 8.42 Å². The highest BCUT2D eigenvalue weighted by molar-refractivity contribution is 7.92. The van der Waals surface area contributed by atoms with Crippen molar-refractivity contribution in [3.05, 3.63) is 30.1 Å². The van der Waals surface area contributed by atoms with Crippen molar-refractivity contribution in [1.82, 2.24) is 9.55 Å². The second kappa shape index (κ2) is 5.28. The van der Waals surface area contributed by atoms with Crippen LogP contribution in [0.4, 0.5) is 11.5 Å². The number of rotatable bonds is 4. The Morgan fingerprint density at radius 2 is 2.10 bits per heavy atom. The molecule has 1 aromatic carbocycles. The Bertz CT molecular complexity index is 748. The number of hydrogen-bond acceptors (Lipinski definition) is 5. The zero-order chi connectivity index (χ0) is 15.8. The molecule has 21 heavy (non-hydrogen) atoms. The predicted octanol–water partition coefficient (Wildman–Crippen LogP) is 1.23. The molecular weight excluding hydrogens is 292 g/mol. The second-order valence-electron chi connectivity index (χ2n) is 4.69. The molecule has 0 saturated carbocycles. The Morgan fingerprint density at radius 1 is 1.43 bits per heavy atom. The van der Waals surface area contributed by atoms with E-state index in [9.17, 15) is 13.5 Å². The van der Waals surface area contributed by atoms with Gasteiger partial charge in [-0.05, 0) is 25.5 Å². The van der Waals surface area contributed by atoms with E-state index in [4.69, 9.17) is 5.73 Å². The van der Waals surface area contributed by atoms with Gasteiger partial charge in [0.1, 0.15) is 5.75 Å². The topological polar surface area (TPSA) is 101 Å². The molecule has 0 amide bonds. The van der Waals surface area contributed by atoms with Gasteiger partial charge in [0.15, 0.2) is 10.8 Å². The molecule has 114 valence electrons. The van der Waals surface area contributed by atoms with Crippen molar-refractivity contribution in [3.63, 3.8) is 0 Å². The number of hydrogen-bond donors (Lipinski definition) is 2. The summed E-state index contributed by atoms with van der Waals surface area (Å²) in [6, 6.07) is 4.59. The van der Waals surface area contributed by atoms with Gasteiger partial charge >= 0.3 is 0 Å². The van der Waals surface area contributed by atoms with Gasteiger partial charge in [-0.15, -0.1) is 0 Å². The predicted molar refractivity (Wildman–Crippen MR) is 80.7 cm³/mol. The number of sulfonamides is 1. The van der Waals surface area contributed by atoms with Gasteiger partial charge in [0.25, 0.3) is 10.0 Å². The summed E-state index contributed by atoms with van der Waals surface area (Å²) in [5.74, 6) is -0.0454. The van der Waals surface area contributed by atoms with Crippen molar-refractivity contribution in [3.8, 4) is 5.75 Å². The molecule has 0 bridgehead atoms. The Labute approximate surface area is 123 Å². The van der Waals surface area contributed by atoms with Crippen molar-refractivity contribution in [2.75, 3.05) is 16.6 Å². The first-order valence-corrected chi connectivity index (χ1v) is 7.82. The number of aromatic nitrogens is 2. The van der Waals surface area contributed by atoms with Crippen LogP contribution in [0.2, 0.25) is 0 Å². The minimum atomic E-state index is -3.86. The molecule has 8 heteroatoms. The minimum Gasteiger partial charge on any atom is -0.508 e. The minimum absolute atomic E-state index is 0.00206. The van der Waals surface area contributed by atoms with Crippen LogP contribution in [0.15, 0.2) is 29.6 Å². The van der Waals surface area contributed by atoms with Crippen LogP contribution >= 0.6 is 0 Å². The molecular formula is C13H18N4O3S. The van der Waals surface area contributed by atoms with Crippen molar-refractivity contribution in [2.45, 2.75) is 18.9 Å². The molecule has 7 nitrogen and oxygen atoms in total. The Balaban J connectivity index is 2.63. The SMILES string of the molecule is CCN(c1cc(O)ccc1C)S(=O)(=O)c1c(N)ncn1C. The highest BCUT2D eigenvalue weighted by Gasteiger charge is 2.30. The van der Waals surface area contributed by atoms with Crippen LogP contribution in [0, 0.1) is 6.92 Å². The normalized spacial score (nSPS) is 11.6. The van der Waals surface area contributed by atoms with Crippen LogP contribution in [-0.4, -0.2) is 29.6 Å². The standard InChI is InChI=1S/C13H18N4O3S/c1-4-17(11-7-10(18)6-5-9(11)2)21(19,20)13-12(14)15-8-16(13)3/h5-8,18H,4,14H2,1-3H3. The lowest BCUT2D eigenvalue weighted by atomic mass is 10.2. The molecule has 1 heterocycles. The Hall–Kier alpha value is -2.22. The Morgan fingerprint density at radius 3 is 2.62 bits per heavy atom. The van der Waals surface area contributed by atoms with E-state index in [0.717, 1.165) is 5.56 Å². The van der Waals surface area contributed by atoms with Crippen LogP contribution in [0.25, 0.3) is 0 Å². The zero-order valence-corrected chi connectivity index (χ0v) is 12.9. The summed E-state index contributed by atoms with van der Waals surface area (Å²) in [4.78, 5) is 3.82. The molecule has 0 radical (unpaired) electrons. The molecule has 0 atom stereocenters. The van der Waals surface area contributed by atoms with Crippen molar-refractivity contribution in [2.24, 2.45) is 7.05 Å². The lowest BCUT2D eigenvalue weighted by Gasteiger charge is -2.24. The van der Waals surface area contributed by atoms with Gasteiger partial charge in [-0.1, -0.05) is 6.07 Å². The van der Waals surface area contributed by atoms with Crippen LogP contribution in [0.1, 0.15) is 12.5 Å². The molecule has 0 unspecified atom stereocenters. The fourth-order valence-electron chi connectivity index (χ4n) is 2.19. The Kier molecular flexibility index (Phi) is 3.82. The number of phenols is 1. The van der Waals surface area contributed by atoms with E-state index in [-0.39, 0.29) is 23.1 Å². The molecule has 0 fully saturated rings. The average molecular weight is 310 g/mol. The summed E-state index contributed by atoms with van der Waals surface area (Å²) in [6.45, 7) is 3.70. The summed E-state index contributed by atoms with van der Waals surface area (Å²) in [6.07, 6.45) is 1.35. The maximum absolute atomic E-state index is 12.8. The summed E-state index contributed by atoms with van der Waals surface area (Å²) >= 11 is 0. The van der Waals surface area contributed by atoms with Gasteiger partial charge in [-0.3, -0.25) is 4.31 Å². The van der Waals surface area contributed by atoms with Gasteiger partial charge in [0.2, 0.25) is 0 Å². The first-order valence-electron chi connectivity index (χ1n) is 6.38. The summed E-state index contributed by atoms with van der Waals surface area (Å²) < 4.78 is 28.2. The van der Waals surface area contributed by atoms with E-state index >= 15 is 0 Å². The fraction of sp³-hybridized carbons (Fsp3) is 0.308. The number of aromatic hydroxyl groups is 1. The lowest BCUT2D eigenvalue weighted by Crippen LogP contribution is -2.33. The van der Waals surface area contributed by atoms with E-state index in [2.05, 4.69) is 4.98 Å². The third-order valence-corrected chi connectivity index (χ3v) is 5.21. The lowest BCUT2D eigenvalue weighted by molar-refractivity contribution is 0.475. The zero-order valence-electron chi connectivity index (χ0n) is 12.1. The maximum atomic E-state index is 12.8. The highest BCUT2D eigenvalue weighted by atomic mass is 32.2. The number of aryl methyl sites for hydroxylation is 2. The monoisotopic (exact) mass is 310 g/mol. The summed E-state index contributed by atoms with van der Waals surface area (Å²) in [7, 11) is -2.29. The number of benzene rings is 1. The number of nitrogen functional groups attached to an aromatic ring is 1. The van der Waals surface area contributed by atoms with E-state index in [0.29, 0.717) is 5.69 Å². The quantitative estimate of drug-likeness (QED) is 0.884. The van der Waals surface area contributed by atoms with Gasteiger partial charge in [0.05, 0.1) is 12.0 Å². The van der Waals surface area contributed by atoms with E-state index in [1.165, 1.54) is 27.3 Å². The number of nitrogens with zero attached hydrogens (tertiary/aromatic N) is 3. The maximum Gasteiger partial charge on any atom is 0.283 e. The number of anilines is 2. The average Bonchev–Trinajstić information content (AvgIpc) is 2.74. The van der Waals surface area contributed by atoms with Crippen LogP contribution < -0.4 is 10.0 Å². The summed E-state index contributed by atoms with van der Waals surface area (Å²) in [5, 5.41) is 9.56. The molecule has 0 aliphatic carbocycles. The highest BCUT2D eigenvalue weighted by Crippen LogP contribution is 2.30. The fourth-order valence-corrected chi connectivity index (χ4v) is 3.92. The molecule has 0 aliphatic rings. The van der Waals surface area contributed by atoms with Crippen LogP contribution in [-0.2, 0) is 17.1 Å².